The molecule has 0 radical (unpaired) electrons. The molecule has 0 aliphatic heterocycles. The summed E-state index contributed by atoms with van der Waals surface area (Å²) in [7, 11) is 0. The molecule has 1 aromatic carbocycles. The lowest BCUT2D eigenvalue weighted by Crippen LogP contribution is -2.22. The molecule has 0 bridgehead atoms. The van der Waals surface area contributed by atoms with E-state index in [1.54, 1.807) is 6.20 Å². The number of fused-ring (bicyclic) bond motifs is 1. The van der Waals surface area contributed by atoms with Gasteiger partial charge in [-0.2, -0.15) is 0 Å². The minimum Gasteiger partial charge on any atom is -0.360 e. The van der Waals surface area contributed by atoms with Crippen molar-refractivity contribution in [1.82, 2.24) is 15.2 Å². The quantitative estimate of drug-likeness (QED) is 0.654. The Morgan fingerprint density at radius 2 is 2.17 bits per heavy atom. The van der Waals surface area contributed by atoms with E-state index in [2.05, 4.69) is 25.8 Å². The van der Waals surface area contributed by atoms with E-state index < -0.39 is 0 Å². The third-order valence-electron chi connectivity index (χ3n) is 3.28. The fraction of sp³-hybridized carbons (Fsp3) is 0.250. The van der Waals surface area contributed by atoms with Crippen molar-refractivity contribution in [2.75, 3.05) is 17.2 Å². The number of benzene rings is 1. The van der Waals surface area contributed by atoms with E-state index in [1.165, 1.54) is 23.1 Å². The van der Waals surface area contributed by atoms with E-state index in [1.807, 2.05) is 44.2 Å². The van der Waals surface area contributed by atoms with Crippen molar-refractivity contribution in [2.24, 2.45) is 0 Å². The molecule has 1 amide bonds. The molecule has 2 aromatic heterocycles. The summed E-state index contributed by atoms with van der Waals surface area (Å²) in [6.07, 6.45) is 1.74. The maximum atomic E-state index is 12.5. The third-order valence-corrected chi connectivity index (χ3v) is 5.35. The number of pyridine rings is 1. The molecule has 3 rings (SSSR count). The second kappa shape index (κ2) is 7.59. The molecule has 0 spiro atoms. The average molecular weight is 359 g/mol. The maximum absolute atomic E-state index is 12.5. The summed E-state index contributed by atoms with van der Waals surface area (Å²) < 4.78 is 0.771. The summed E-state index contributed by atoms with van der Waals surface area (Å²) in [4.78, 5) is 16.8. The molecule has 124 valence electrons. The Balaban J connectivity index is 1.69. The van der Waals surface area contributed by atoms with Gasteiger partial charge in [-0.15, -0.1) is 10.2 Å². The van der Waals surface area contributed by atoms with E-state index in [0.717, 1.165) is 32.6 Å². The highest BCUT2D eigenvalue weighted by atomic mass is 32.2. The Hall–Kier alpha value is -2.19. The van der Waals surface area contributed by atoms with Crippen LogP contribution in [0.25, 0.3) is 10.9 Å². The summed E-state index contributed by atoms with van der Waals surface area (Å²) in [6.45, 7) is 4.66. The largest absolute Gasteiger partial charge is 0.360 e. The lowest BCUT2D eigenvalue weighted by molar-refractivity contribution is -0.115. The number of nitrogens with one attached hydrogen (secondary N) is 2. The van der Waals surface area contributed by atoms with Crippen LogP contribution in [0, 0.1) is 0 Å². The normalized spacial score (nSPS) is 12.1. The molecule has 2 heterocycles. The minimum atomic E-state index is -0.278. The zero-order valence-electron chi connectivity index (χ0n) is 13.3. The SMILES string of the molecule is CCNc1nnc(SC(C)C(=O)Nc2cccc3ncccc23)s1. The van der Waals surface area contributed by atoms with Crippen LogP contribution in [0.5, 0.6) is 0 Å². The third kappa shape index (κ3) is 3.82. The van der Waals surface area contributed by atoms with Crippen molar-refractivity contribution in [3.8, 4) is 0 Å². The van der Waals surface area contributed by atoms with Gasteiger partial charge in [-0.25, -0.2) is 0 Å². The highest BCUT2D eigenvalue weighted by Crippen LogP contribution is 2.30. The van der Waals surface area contributed by atoms with E-state index in [9.17, 15) is 4.79 Å². The average Bonchev–Trinajstić information content (AvgIpc) is 3.02. The highest BCUT2D eigenvalue weighted by molar-refractivity contribution is 8.02. The topological polar surface area (TPSA) is 79.8 Å². The number of amides is 1. The van der Waals surface area contributed by atoms with Crippen molar-refractivity contribution < 1.29 is 4.79 Å². The Kier molecular flexibility index (Phi) is 5.27. The lowest BCUT2D eigenvalue weighted by atomic mass is 10.2. The van der Waals surface area contributed by atoms with Crippen molar-refractivity contribution in [1.29, 1.82) is 0 Å². The van der Waals surface area contributed by atoms with Gasteiger partial charge in [0, 0.05) is 18.1 Å². The van der Waals surface area contributed by atoms with Gasteiger partial charge in [0.1, 0.15) is 0 Å². The van der Waals surface area contributed by atoms with Gasteiger partial charge >= 0.3 is 0 Å². The number of nitrogens with zero attached hydrogens (tertiary/aromatic N) is 3. The van der Waals surface area contributed by atoms with Gasteiger partial charge in [-0.05, 0) is 38.1 Å². The number of carbonyl (C=O) groups excluding carboxylic acids is 1. The Bertz CT molecular complexity index is 846. The number of carbonyl (C=O) groups is 1. The van der Waals surface area contributed by atoms with Crippen molar-refractivity contribution in [3.63, 3.8) is 0 Å². The van der Waals surface area contributed by atoms with Crippen LogP contribution in [0.3, 0.4) is 0 Å². The maximum Gasteiger partial charge on any atom is 0.237 e. The van der Waals surface area contributed by atoms with E-state index in [0.29, 0.717) is 0 Å². The van der Waals surface area contributed by atoms with Crippen LogP contribution in [0.15, 0.2) is 40.9 Å². The Morgan fingerprint density at radius 3 is 3.00 bits per heavy atom. The van der Waals surface area contributed by atoms with Crippen molar-refractivity contribution >= 4 is 50.7 Å². The molecule has 0 aliphatic rings. The molecule has 2 N–H and O–H groups in total. The molecule has 3 aromatic rings. The van der Waals surface area contributed by atoms with Crippen LogP contribution < -0.4 is 10.6 Å². The summed E-state index contributed by atoms with van der Waals surface area (Å²) in [6, 6.07) is 9.50. The van der Waals surface area contributed by atoms with Crippen LogP contribution in [0.4, 0.5) is 10.8 Å². The first-order valence-corrected chi connectivity index (χ1v) is 9.25. The number of rotatable bonds is 6. The molecule has 0 saturated heterocycles. The standard InChI is InChI=1S/C16H17N5OS2/c1-3-17-15-20-21-16(24-15)23-10(2)14(22)19-13-8-4-7-12-11(13)6-5-9-18-12/h4-10H,3H2,1-2H3,(H,17,20)(H,19,22). The van der Waals surface area contributed by atoms with E-state index in [-0.39, 0.29) is 11.2 Å². The van der Waals surface area contributed by atoms with Gasteiger partial charge in [0.15, 0.2) is 4.34 Å². The molecule has 6 nitrogen and oxygen atoms in total. The fourth-order valence-electron chi connectivity index (χ4n) is 2.13. The predicted molar refractivity (Wildman–Crippen MR) is 99.8 cm³/mol. The first-order valence-electron chi connectivity index (χ1n) is 7.56. The highest BCUT2D eigenvalue weighted by Gasteiger charge is 2.18. The first kappa shape index (κ1) is 16.7. The molecule has 0 saturated carbocycles. The monoisotopic (exact) mass is 359 g/mol. The zero-order valence-corrected chi connectivity index (χ0v) is 14.9. The van der Waals surface area contributed by atoms with Gasteiger partial charge in [0.25, 0.3) is 0 Å². The molecular weight excluding hydrogens is 342 g/mol. The van der Waals surface area contributed by atoms with Crippen molar-refractivity contribution in [2.45, 2.75) is 23.4 Å². The molecule has 1 unspecified atom stereocenters. The van der Waals surface area contributed by atoms with Crippen molar-refractivity contribution in [3.05, 3.63) is 36.5 Å². The fourth-order valence-corrected chi connectivity index (χ4v) is 4.10. The van der Waals surface area contributed by atoms with E-state index >= 15 is 0 Å². The molecule has 24 heavy (non-hydrogen) atoms. The van der Waals surface area contributed by atoms with Gasteiger partial charge in [0.2, 0.25) is 11.0 Å². The van der Waals surface area contributed by atoms with Gasteiger partial charge < -0.3 is 10.6 Å². The number of thioether (sulfide) groups is 1. The zero-order chi connectivity index (χ0) is 16.9. The first-order chi connectivity index (χ1) is 11.7. The smallest absolute Gasteiger partial charge is 0.237 e. The second-order valence-corrected chi connectivity index (χ2v) is 7.59. The molecule has 8 heteroatoms. The van der Waals surface area contributed by atoms with Crippen LogP contribution in [0.1, 0.15) is 13.8 Å². The Morgan fingerprint density at radius 1 is 1.29 bits per heavy atom. The predicted octanol–water partition coefficient (Wildman–Crippen LogP) is 3.64. The number of anilines is 2. The van der Waals surface area contributed by atoms with Gasteiger partial charge in [-0.3, -0.25) is 9.78 Å². The summed E-state index contributed by atoms with van der Waals surface area (Å²) in [5.74, 6) is -0.0726. The van der Waals surface area contributed by atoms with Crippen LogP contribution in [0.2, 0.25) is 0 Å². The summed E-state index contributed by atoms with van der Waals surface area (Å²) in [5, 5.41) is 15.6. The number of hydrogen-bond acceptors (Lipinski definition) is 7. The van der Waals surface area contributed by atoms with Crippen LogP contribution in [-0.2, 0) is 4.79 Å². The van der Waals surface area contributed by atoms with E-state index in [4.69, 9.17) is 0 Å². The Labute approximate surface area is 148 Å². The second-order valence-electron chi connectivity index (χ2n) is 5.03. The van der Waals surface area contributed by atoms with Gasteiger partial charge in [0.05, 0.1) is 16.5 Å². The van der Waals surface area contributed by atoms with Crippen LogP contribution in [-0.4, -0.2) is 32.9 Å². The van der Waals surface area contributed by atoms with Gasteiger partial charge in [-0.1, -0.05) is 29.2 Å². The minimum absolute atomic E-state index is 0.0726. The molecule has 0 fully saturated rings. The lowest BCUT2D eigenvalue weighted by Gasteiger charge is -2.12. The molecular formula is C16H17N5OS2. The number of aromatic nitrogens is 3. The van der Waals surface area contributed by atoms with Crippen LogP contribution >= 0.6 is 23.1 Å². The molecule has 1 atom stereocenters. The summed E-state index contributed by atoms with van der Waals surface area (Å²) >= 11 is 2.85. The number of hydrogen-bond donors (Lipinski definition) is 2. The summed E-state index contributed by atoms with van der Waals surface area (Å²) in [5.41, 5.74) is 1.62. The molecule has 0 aliphatic carbocycles.